The summed E-state index contributed by atoms with van der Waals surface area (Å²) in [4.78, 5) is 19.1. The number of carbonyl (C=O) groups is 1. The predicted octanol–water partition coefficient (Wildman–Crippen LogP) is 4.83. The molecule has 3 heterocycles. The maximum absolute atomic E-state index is 14.5. The summed E-state index contributed by atoms with van der Waals surface area (Å²) in [6, 6.07) is 27.0. The number of nitrogens with zero attached hydrogens (tertiary/aromatic N) is 5. The van der Waals surface area contributed by atoms with Crippen LogP contribution in [-0.4, -0.2) is 50.6 Å². The molecule has 0 bridgehead atoms. The summed E-state index contributed by atoms with van der Waals surface area (Å²) in [7, 11) is 0. The largest absolute Gasteiger partial charge is 0.366 e. The Morgan fingerprint density at radius 3 is 2.59 bits per heavy atom. The van der Waals surface area contributed by atoms with Crippen LogP contribution in [0.1, 0.15) is 59.3 Å². The van der Waals surface area contributed by atoms with Crippen LogP contribution in [0.25, 0.3) is 0 Å². The van der Waals surface area contributed by atoms with Crippen LogP contribution in [0, 0.1) is 6.92 Å². The van der Waals surface area contributed by atoms with Gasteiger partial charge in [0.15, 0.2) is 5.82 Å². The number of rotatable bonds is 5. The number of aryl methyl sites for hydroxylation is 2. The Balaban J connectivity index is 1.39. The number of aromatic nitrogens is 4. The van der Waals surface area contributed by atoms with Gasteiger partial charge in [0.1, 0.15) is 0 Å². The maximum atomic E-state index is 14.5. The second-order valence-corrected chi connectivity index (χ2v) is 10.2. The van der Waals surface area contributed by atoms with Crippen molar-refractivity contribution in [3.63, 3.8) is 0 Å². The second kappa shape index (κ2) is 10.2. The molecule has 0 aliphatic carbocycles. The lowest BCUT2D eigenvalue weighted by molar-refractivity contribution is -0.133. The minimum atomic E-state index is -0.398. The normalized spacial score (nSPS) is 20.4. The molecule has 2 unspecified atom stereocenters. The molecule has 6 rings (SSSR count). The summed E-state index contributed by atoms with van der Waals surface area (Å²) in [6.45, 7) is 3.69. The highest BCUT2D eigenvalue weighted by Crippen LogP contribution is 2.40. The fourth-order valence-electron chi connectivity index (χ4n) is 6.08. The molecule has 3 aromatic carbocycles. The van der Waals surface area contributed by atoms with E-state index in [0.717, 1.165) is 42.5 Å². The number of para-hydroxylation sites is 1. The number of fused-ring (bicyclic) bond motifs is 1. The van der Waals surface area contributed by atoms with Gasteiger partial charge in [0.2, 0.25) is 5.91 Å². The van der Waals surface area contributed by atoms with Crippen LogP contribution in [0.3, 0.4) is 0 Å². The lowest BCUT2D eigenvalue weighted by Gasteiger charge is -2.32. The molecule has 0 radical (unpaired) electrons. The first-order chi connectivity index (χ1) is 18.2. The third-order valence-electron chi connectivity index (χ3n) is 7.81. The highest BCUT2D eigenvalue weighted by molar-refractivity contribution is 5.88. The molecule has 0 saturated carbocycles. The summed E-state index contributed by atoms with van der Waals surface area (Å²) < 4.78 is 0. The van der Waals surface area contributed by atoms with E-state index in [9.17, 15) is 4.79 Å². The first-order valence-electron chi connectivity index (χ1n) is 13.2. The molecule has 7 heteroatoms. The lowest BCUT2D eigenvalue weighted by Crippen LogP contribution is -2.41. The predicted molar refractivity (Wildman–Crippen MR) is 143 cm³/mol. The van der Waals surface area contributed by atoms with E-state index in [4.69, 9.17) is 0 Å². The van der Waals surface area contributed by atoms with E-state index >= 15 is 0 Å². The summed E-state index contributed by atoms with van der Waals surface area (Å²) in [5.41, 5.74) is 5.83. The molecule has 2 aliphatic heterocycles. The van der Waals surface area contributed by atoms with Gasteiger partial charge in [-0.05, 0) is 55.4 Å². The van der Waals surface area contributed by atoms with Crippen molar-refractivity contribution < 1.29 is 4.79 Å². The van der Waals surface area contributed by atoms with Crippen molar-refractivity contribution in [1.29, 1.82) is 0 Å². The molecule has 0 spiro atoms. The fourth-order valence-corrected chi connectivity index (χ4v) is 6.08. The summed E-state index contributed by atoms with van der Waals surface area (Å²) in [5.74, 6) is 0.262. The van der Waals surface area contributed by atoms with Crippen molar-refractivity contribution in [2.45, 2.75) is 50.6 Å². The van der Waals surface area contributed by atoms with Crippen LogP contribution in [0.5, 0.6) is 0 Å². The smallest absolute Gasteiger partial charge is 0.235 e. The molecule has 2 aliphatic rings. The van der Waals surface area contributed by atoms with Crippen LogP contribution < -0.4 is 4.90 Å². The quantitative estimate of drug-likeness (QED) is 0.432. The zero-order chi connectivity index (χ0) is 25.2. The number of amides is 1. The first kappa shape index (κ1) is 23.4. The van der Waals surface area contributed by atoms with E-state index in [2.05, 4.69) is 74.9 Å². The van der Waals surface area contributed by atoms with Gasteiger partial charge in [0.25, 0.3) is 0 Å². The van der Waals surface area contributed by atoms with Crippen LogP contribution in [0.2, 0.25) is 0 Å². The molecule has 1 aromatic heterocycles. The number of benzene rings is 3. The lowest BCUT2D eigenvalue weighted by atomic mass is 9.89. The molecule has 1 amide bonds. The zero-order valence-electron chi connectivity index (χ0n) is 21.1. The molecule has 1 fully saturated rings. The Kier molecular flexibility index (Phi) is 6.43. The van der Waals surface area contributed by atoms with Crippen LogP contribution in [0.15, 0.2) is 78.9 Å². The Morgan fingerprint density at radius 1 is 0.973 bits per heavy atom. The Morgan fingerprint density at radius 2 is 1.78 bits per heavy atom. The molecule has 1 saturated heterocycles. The molecule has 7 nitrogen and oxygen atoms in total. The summed E-state index contributed by atoms with van der Waals surface area (Å²) >= 11 is 0. The molecule has 3 atom stereocenters. The molecule has 1 N–H and O–H groups in total. The van der Waals surface area contributed by atoms with Gasteiger partial charge in [-0.15, -0.1) is 10.2 Å². The molecular weight excluding hydrogens is 460 g/mol. The number of aromatic amines is 1. The SMILES string of the molecule is Cc1cccc(C(C(=O)N2CC(N3CCCCc4ccccc43)C[C@H]2c2nn[nH]n2)c2ccccc2)c1. The molecule has 37 heavy (non-hydrogen) atoms. The monoisotopic (exact) mass is 492 g/mol. The minimum Gasteiger partial charge on any atom is -0.366 e. The number of tetrazole rings is 1. The Labute approximate surface area is 217 Å². The van der Waals surface area contributed by atoms with Crippen LogP contribution in [0.4, 0.5) is 5.69 Å². The van der Waals surface area contributed by atoms with Gasteiger partial charge in [-0.25, -0.2) is 0 Å². The molecule has 188 valence electrons. The minimum absolute atomic E-state index is 0.0807. The summed E-state index contributed by atoms with van der Waals surface area (Å²) in [6.07, 6.45) is 4.19. The van der Waals surface area contributed by atoms with Gasteiger partial charge in [0, 0.05) is 24.8 Å². The van der Waals surface area contributed by atoms with E-state index in [1.807, 2.05) is 41.3 Å². The molecular formula is C30H32N6O. The average Bonchev–Trinajstić information content (AvgIpc) is 3.56. The van der Waals surface area contributed by atoms with Gasteiger partial charge in [0.05, 0.1) is 12.0 Å². The van der Waals surface area contributed by atoms with Crippen molar-refractivity contribution in [3.05, 3.63) is 107 Å². The van der Waals surface area contributed by atoms with E-state index < -0.39 is 5.92 Å². The first-order valence-corrected chi connectivity index (χ1v) is 13.2. The Bertz CT molecular complexity index is 1360. The van der Waals surface area contributed by atoms with Crippen molar-refractivity contribution in [1.82, 2.24) is 25.5 Å². The zero-order valence-corrected chi connectivity index (χ0v) is 21.1. The van der Waals surface area contributed by atoms with Gasteiger partial charge in [-0.1, -0.05) is 83.6 Å². The number of hydrogen-bond donors (Lipinski definition) is 1. The van der Waals surface area contributed by atoms with Gasteiger partial charge in [-0.3, -0.25) is 4.79 Å². The summed E-state index contributed by atoms with van der Waals surface area (Å²) in [5, 5.41) is 15.1. The third kappa shape index (κ3) is 4.61. The third-order valence-corrected chi connectivity index (χ3v) is 7.81. The standard InChI is InChI=1S/C30H32N6O/c1-21-10-9-15-24(18-21)28(23-13-3-2-4-14-23)30(37)36-20-25(19-27(36)29-31-33-34-32-29)35-17-8-7-12-22-11-5-6-16-26(22)35/h2-6,9-11,13-16,18,25,27-28H,7-8,12,17,19-20H2,1H3,(H,31,32,33,34)/t25?,27-,28?/m0/s1. The Hall–Kier alpha value is -4.00. The van der Waals surface area contributed by atoms with Crippen molar-refractivity contribution in [3.8, 4) is 0 Å². The van der Waals surface area contributed by atoms with E-state index in [1.165, 1.54) is 17.7 Å². The number of carbonyl (C=O) groups excluding carboxylic acids is 1. The van der Waals surface area contributed by atoms with Gasteiger partial charge < -0.3 is 9.80 Å². The van der Waals surface area contributed by atoms with Crippen molar-refractivity contribution in [2.75, 3.05) is 18.0 Å². The molecule has 4 aromatic rings. The van der Waals surface area contributed by atoms with Crippen molar-refractivity contribution >= 4 is 11.6 Å². The number of H-pyrrole nitrogens is 1. The fraction of sp³-hybridized carbons (Fsp3) is 0.333. The van der Waals surface area contributed by atoms with Gasteiger partial charge >= 0.3 is 0 Å². The van der Waals surface area contributed by atoms with E-state index in [-0.39, 0.29) is 18.0 Å². The number of likely N-dealkylation sites (tertiary alicyclic amines) is 1. The number of nitrogens with one attached hydrogen (secondary N) is 1. The second-order valence-electron chi connectivity index (χ2n) is 10.2. The highest BCUT2D eigenvalue weighted by atomic mass is 16.2. The van der Waals surface area contributed by atoms with Crippen LogP contribution >= 0.6 is 0 Å². The average molecular weight is 493 g/mol. The highest BCUT2D eigenvalue weighted by Gasteiger charge is 2.43. The number of anilines is 1. The maximum Gasteiger partial charge on any atom is 0.235 e. The van der Waals surface area contributed by atoms with E-state index in [0.29, 0.717) is 12.4 Å². The number of hydrogen-bond acceptors (Lipinski definition) is 5. The van der Waals surface area contributed by atoms with Crippen molar-refractivity contribution in [2.24, 2.45) is 0 Å². The van der Waals surface area contributed by atoms with Gasteiger partial charge in [-0.2, -0.15) is 5.21 Å². The van der Waals surface area contributed by atoms with E-state index in [1.54, 1.807) is 0 Å². The van der Waals surface area contributed by atoms with Crippen LogP contribution in [-0.2, 0) is 11.2 Å². The topological polar surface area (TPSA) is 78.0 Å².